The molecule has 0 atom stereocenters. The lowest BCUT2D eigenvalue weighted by atomic mass is 10.0. The highest BCUT2D eigenvalue weighted by atomic mass is 35.5. The number of hydrogen-bond donors (Lipinski definition) is 2. The maximum Gasteiger partial charge on any atom is 0.337 e. The van der Waals surface area contributed by atoms with E-state index in [0.717, 1.165) is 0 Å². The Labute approximate surface area is 137 Å². The van der Waals surface area contributed by atoms with Crippen LogP contribution in [0.1, 0.15) is 32.9 Å². The topological polar surface area (TPSA) is 76.9 Å². The number of carbonyl (C=O) groups is 1. The summed E-state index contributed by atoms with van der Waals surface area (Å²) < 4.78 is 0. The van der Waals surface area contributed by atoms with E-state index in [2.05, 4.69) is 11.1 Å². The Balaban J connectivity index is 2.58. The summed E-state index contributed by atoms with van der Waals surface area (Å²) in [5, 5.41) is 19.4. The molecule has 0 spiro atoms. The summed E-state index contributed by atoms with van der Waals surface area (Å²) >= 11 is 12.0. The molecule has 0 saturated carbocycles. The lowest BCUT2D eigenvalue weighted by Gasteiger charge is -2.03. The van der Waals surface area contributed by atoms with E-state index in [1.54, 1.807) is 38.1 Å². The van der Waals surface area contributed by atoms with Crippen molar-refractivity contribution in [2.45, 2.75) is 13.8 Å². The van der Waals surface area contributed by atoms with Gasteiger partial charge in [-0.1, -0.05) is 29.3 Å². The number of carboxylic acid groups (broad SMARTS) is 1. The van der Waals surface area contributed by atoms with Crippen LogP contribution in [-0.2, 0) is 0 Å². The number of nitriles is 1. The predicted molar refractivity (Wildman–Crippen MR) is 87.2 cm³/mol. The minimum Gasteiger partial charge on any atom is -0.478 e. The third kappa shape index (κ3) is 3.01. The van der Waals surface area contributed by atoms with Crippen molar-refractivity contribution in [1.29, 1.82) is 5.26 Å². The fraction of sp³-hybridized carbons (Fsp3) is 0.125. The van der Waals surface area contributed by atoms with Gasteiger partial charge in [0, 0.05) is 22.0 Å². The van der Waals surface area contributed by atoms with Crippen molar-refractivity contribution in [3.63, 3.8) is 0 Å². The first-order valence-electron chi connectivity index (χ1n) is 6.34. The second-order valence-corrected chi connectivity index (χ2v) is 5.61. The molecular weight excluding hydrogens is 323 g/mol. The summed E-state index contributed by atoms with van der Waals surface area (Å²) in [7, 11) is 0. The van der Waals surface area contributed by atoms with Gasteiger partial charge in [-0.15, -0.1) is 0 Å². The number of H-pyrrole nitrogens is 1. The first-order chi connectivity index (χ1) is 10.3. The maximum absolute atomic E-state index is 11.2. The highest BCUT2D eigenvalue weighted by molar-refractivity contribution is 6.36. The highest BCUT2D eigenvalue weighted by Crippen LogP contribution is 2.29. The second-order valence-electron chi connectivity index (χ2n) is 4.76. The minimum absolute atomic E-state index is 0.214. The molecule has 0 bridgehead atoms. The third-order valence-corrected chi connectivity index (χ3v) is 3.87. The van der Waals surface area contributed by atoms with Gasteiger partial charge in [-0.25, -0.2) is 4.79 Å². The van der Waals surface area contributed by atoms with Crippen LogP contribution in [0, 0.1) is 25.2 Å². The van der Waals surface area contributed by atoms with Crippen LogP contribution in [0.4, 0.5) is 0 Å². The number of aromatic carboxylic acids is 1. The van der Waals surface area contributed by atoms with Crippen LogP contribution in [0.2, 0.25) is 10.0 Å². The van der Waals surface area contributed by atoms with E-state index in [1.807, 2.05) is 0 Å². The van der Waals surface area contributed by atoms with Crippen molar-refractivity contribution in [3.8, 4) is 6.07 Å². The van der Waals surface area contributed by atoms with Crippen LogP contribution < -0.4 is 0 Å². The van der Waals surface area contributed by atoms with E-state index < -0.39 is 5.97 Å². The van der Waals surface area contributed by atoms with Gasteiger partial charge in [0.25, 0.3) is 0 Å². The SMILES string of the molecule is Cc1[nH]c(/C=C(\C#N)c2ccc(Cl)cc2Cl)c(C)c1C(=O)O. The third-order valence-electron chi connectivity index (χ3n) is 3.32. The Morgan fingerprint density at radius 1 is 1.36 bits per heavy atom. The van der Waals surface area contributed by atoms with E-state index in [4.69, 9.17) is 23.2 Å². The van der Waals surface area contributed by atoms with Gasteiger partial charge >= 0.3 is 5.97 Å². The minimum atomic E-state index is -1.01. The van der Waals surface area contributed by atoms with Gasteiger partial charge in [-0.2, -0.15) is 5.26 Å². The van der Waals surface area contributed by atoms with Crippen molar-refractivity contribution in [3.05, 3.63) is 56.3 Å². The zero-order valence-corrected chi connectivity index (χ0v) is 13.4. The van der Waals surface area contributed by atoms with Crippen LogP contribution in [-0.4, -0.2) is 16.1 Å². The van der Waals surface area contributed by atoms with Gasteiger partial charge < -0.3 is 10.1 Å². The molecule has 2 aromatic rings. The van der Waals surface area contributed by atoms with Crippen LogP contribution in [0.25, 0.3) is 11.6 Å². The number of hydrogen-bond acceptors (Lipinski definition) is 2. The molecule has 2 N–H and O–H groups in total. The van der Waals surface area contributed by atoms with Crippen molar-refractivity contribution in [1.82, 2.24) is 4.98 Å². The van der Waals surface area contributed by atoms with Crippen LogP contribution in [0.3, 0.4) is 0 Å². The maximum atomic E-state index is 11.2. The van der Waals surface area contributed by atoms with Gasteiger partial charge in [0.1, 0.15) is 0 Å². The van der Waals surface area contributed by atoms with E-state index in [9.17, 15) is 15.2 Å². The van der Waals surface area contributed by atoms with Gasteiger partial charge in [0.15, 0.2) is 0 Å². The number of carboxylic acids is 1. The quantitative estimate of drug-likeness (QED) is 0.798. The number of aryl methyl sites for hydroxylation is 1. The number of halogens is 2. The molecule has 0 aliphatic rings. The first kappa shape index (κ1) is 16.2. The van der Waals surface area contributed by atoms with E-state index in [-0.39, 0.29) is 5.56 Å². The summed E-state index contributed by atoms with van der Waals surface area (Å²) in [5.74, 6) is -1.01. The van der Waals surface area contributed by atoms with Gasteiger partial charge in [-0.05, 0) is 37.6 Å². The molecular formula is C16H12Cl2N2O2. The fourth-order valence-corrected chi connectivity index (χ4v) is 2.77. The molecule has 4 nitrogen and oxygen atoms in total. The lowest BCUT2D eigenvalue weighted by Crippen LogP contribution is -1.98. The smallest absolute Gasteiger partial charge is 0.337 e. The Morgan fingerprint density at radius 2 is 2.05 bits per heavy atom. The molecule has 6 heteroatoms. The number of benzene rings is 1. The molecule has 1 aromatic heterocycles. The number of nitrogens with one attached hydrogen (secondary N) is 1. The van der Waals surface area contributed by atoms with Crippen LogP contribution >= 0.6 is 23.2 Å². The largest absolute Gasteiger partial charge is 0.478 e. The van der Waals surface area contributed by atoms with Crippen molar-refractivity contribution in [2.24, 2.45) is 0 Å². The van der Waals surface area contributed by atoms with Crippen LogP contribution in [0.15, 0.2) is 18.2 Å². The molecule has 0 amide bonds. The molecule has 22 heavy (non-hydrogen) atoms. The molecule has 1 heterocycles. The highest BCUT2D eigenvalue weighted by Gasteiger charge is 2.17. The standard InChI is InChI=1S/C16H12Cl2N2O2/c1-8-14(20-9(2)15(8)16(21)22)5-10(7-19)12-4-3-11(17)6-13(12)18/h3-6,20H,1-2H3,(H,21,22)/b10-5+. The van der Waals surface area contributed by atoms with Crippen molar-refractivity contribution >= 4 is 40.8 Å². The van der Waals surface area contributed by atoms with E-state index in [0.29, 0.717) is 38.1 Å². The average molecular weight is 335 g/mol. The Bertz CT molecular complexity index is 829. The fourth-order valence-electron chi connectivity index (χ4n) is 2.26. The molecule has 0 aliphatic heterocycles. The van der Waals surface area contributed by atoms with Gasteiger partial charge in [0.2, 0.25) is 0 Å². The van der Waals surface area contributed by atoms with Gasteiger partial charge in [0.05, 0.1) is 22.2 Å². The Kier molecular flexibility index (Phi) is 4.60. The average Bonchev–Trinajstić information content (AvgIpc) is 2.71. The summed E-state index contributed by atoms with van der Waals surface area (Å²) in [4.78, 5) is 14.2. The molecule has 1 aromatic carbocycles. The number of nitrogens with zero attached hydrogens (tertiary/aromatic N) is 1. The number of allylic oxidation sites excluding steroid dienone is 1. The molecule has 0 radical (unpaired) electrons. The Morgan fingerprint density at radius 3 is 2.55 bits per heavy atom. The number of rotatable bonds is 3. The summed E-state index contributed by atoms with van der Waals surface area (Å²) in [5.41, 5.74) is 2.75. The first-order valence-corrected chi connectivity index (χ1v) is 7.10. The molecule has 2 rings (SSSR count). The summed E-state index contributed by atoms with van der Waals surface area (Å²) in [6, 6.07) is 6.93. The molecule has 0 saturated heterocycles. The van der Waals surface area contributed by atoms with Crippen LogP contribution in [0.5, 0.6) is 0 Å². The predicted octanol–water partition coefficient (Wildman–Crippen LogP) is 4.70. The van der Waals surface area contributed by atoms with E-state index >= 15 is 0 Å². The van der Waals surface area contributed by atoms with E-state index in [1.165, 1.54) is 0 Å². The summed E-state index contributed by atoms with van der Waals surface area (Å²) in [6.07, 6.45) is 1.59. The van der Waals surface area contributed by atoms with Crippen molar-refractivity contribution in [2.75, 3.05) is 0 Å². The number of aromatic amines is 1. The number of aromatic nitrogens is 1. The monoisotopic (exact) mass is 334 g/mol. The lowest BCUT2D eigenvalue weighted by molar-refractivity contribution is 0.0695. The second kappa shape index (κ2) is 6.27. The molecule has 112 valence electrons. The zero-order valence-electron chi connectivity index (χ0n) is 11.9. The summed E-state index contributed by atoms with van der Waals surface area (Å²) in [6.45, 7) is 3.37. The molecule has 0 fully saturated rings. The molecule has 0 unspecified atom stereocenters. The van der Waals surface area contributed by atoms with Crippen molar-refractivity contribution < 1.29 is 9.90 Å². The molecule has 0 aliphatic carbocycles. The zero-order chi connectivity index (χ0) is 16.4. The Hall–Kier alpha value is -2.22. The van der Waals surface area contributed by atoms with Gasteiger partial charge in [-0.3, -0.25) is 0 Å². The normalized spacial score (nSPS) is 11.3.